The lowest BCUT2D eigenvalue weighted by molar-refractivity contribution is 0.135. The number of alkyl halides is 3. The van der Waals surface area contributed by atoms with Gasteiger partial charge in [-0.3, -0.25) is 0 Å². The second kappa shape index (κ2) is 10.5. The maximum absolute atomic E-state index is 9.33. The molecule has 0 aromatic heterocycles. The Bertz CT molecular complexity index is 540. The summed E-state index contributed by atoms with van der Waals surface area (Å²) >= 11 is 28.4. The van der Waals surface area contributed by atoms with E-state index in [1.807, 2.05) is 0 Å². The average molecular weight is 440 g/mol. The van der Waals surface area contributed by atoms with Gasteiger partial charge in [0.1, 0.15) is 5.75 Å². The van der Waals surface area contributed by atoms with E-state index in [-0.39, 0.29) is 22.4 Å². The molecule has 0 saturated heterocycles. The van der Waals surface area contributed by atoms with E-state index in [4.69, 9.17) is 72.3 Å². The first kappa shape index (κ1) is 21.6. The summed E-state index contributed by atoms with van der Waals surface area (Å²) < 4.78 is 9.31. The first-order valence-corrected chi connectivity index (χ1v) is 8.75. The molecule has 5 nitrogen and oxygen atoms in total. The third kappa shape index (κ3) is 9.14. The Morgan fingerprint density at radius 2 is 1.71 bits per heavy atom. The largest absolute Gasteiger partial charge is 0.508 e. The Balaban J connectivity index is 2.20. The van der Waals surface area contributed by atoms with E-state index in [2.05, 4.69) is 5.16 Å². The van der Waals surface area contributed by atoms with E-state index in [0.29, 0.717) is 37.7 Å². The van der Waals surface area contributed by atoms with Crippen LogP contribution in [-0.2, 0) is 9.57 Å². The molecule has 1 rings (SSSR count). The Kier molecular flexibility index (Phi) is 9.45. The molecule has 10 heteroatoms. The fraction of sp³-hybridized carbons (Fsp3) is 0.500. The van der Waals surface area contributed by atoms with Crippen molar-refractivity contribution in [1.82, 2.24) is 0 Å². The highest BCUT2D eigenvalue weighted by Gasteiger charge is 2.20. The van der Waals surface area contributed by atoms with Crippen LogP contribution in [0.4, 0.5) is 0 Å². The highest BCUT2D eigenvalue weighted by atomic mass is 35.6. The molecule has 0 amide bonds. The first-order valence-electron chi connectivity index (χ1n) is 6.86. The van der Waals surface area contributed by atoms with Gasteiger partial charge in [-0.05, 0) is 12.8 Å². The van der Waals surface area contributed by atoms with Crippen LogP contribution in [-0.4, -0.2) is 34.6 Å². The number of halogens is 5. The van der Waals surface area contributed by atoms with E-state index in [0.717, 1.165) is 0 Å². The number of rotatable bonds is 8. The zero-order valence-corrected chi connectivity index (χ0v) is 16.5. The molecule has 1 aromatic rings. The van der Waals surface area contributed by atoms with Crippen LogP contribution in [0, 0.1) is 0 Å². The lowest BCUT2D eigenvalue weighted by Gasteiger charge is -2.11. The van der Waals surface area contributed by atoms with Crippen molar-refractivity contribution in [2.24, 2.45) is 5.16 Å². The van der Waals surface area contributed by atoms with Crippen molar-refractivity contribution in [2.75, 3.05) is 19.8 Å². The summed E-state index contributed by atoms with van der Waals surface area (Å²) in [6, 6.07) is 2.73. The molecule has 0 spiro atoms. The zero-order chi connectivity index (χ0) is 18.2. The molecule has 0 heterocycles. The number of aromatic hydroxyl groups is 1. The quantitative estimate of drug-likeness (QED) is 0.188. The van der Waals surface area contributed by atoms with Gasteiger partial charge in [-0.25, -0.2) is 0 Å². The molecular formula is C14H16Cl5NO4. The van der Waals surface area contributed by atoms with Crippen LogP contribution >= 0.6 is 58.0 Å². The van der Waals surface area contributed by atoms with E-state index in [9.17, 15) is 5.11 Å². The predicted octanol–water partition coefficient (Wildman–Crippen LogP) is 5.59. The van der Waals surface area contributed by atoms with Crippen LogP contribution in [0.5, 0.6) is 11.5 Å². The number of unbranched alkanes of at least 4 members (excludes halogenated alkanes) is 1. The van der Waals surface area contributed by atoms with Gasteiger partial charge < -0.3 is 19.4 Å². The average Bonchev–Trinajstić information content (AvgIpc) is 2.43. The van der Waals surface area contributed by atoms with Crippen molar-refractivity contribution in [3.05, 3.63) is 22.2 Å². The van der Waals surface area contributed by atoms with Crippen molar-refractivity contribution in [2.45, 2.75) is 23.6 Å². The van der Waals surface area contributed by atoms with E-state index < -0.39 is 3.79 Å². The van der Waals surface area contributed by atoms with Crippen LogP contribution in [0.15, 0.2) is 17.3 Å². The third-order valence-electron chi connectivity index (χ3n) is 2.50. The van der Waals surface area contributed by atoms with Gasteiger partial charge in [0.2, 0.25) is 9.69 Å². The molecule has 0 aliphatic carbocycles. The van der Waals surface area contributed by atoms with Gasteiger partial charge in [0.05, 0.1) is 23.3 Å². The molecule has 136 valence electrons. The van der Waals surface area contributed by atoms with Crippen LogP contribution in [0.2, 0.25) is 10.0 Å². The number of nitrogens with zero attached hydrogens (tertiary/aromatic N) is 1. The second-order valence-corrected chi connectivity index (χ2v) is 7.97. The normalized spacial score (nSPS) is 12.2. The van der Waals surface area contributed by atoms with Crippen LogP contribution in [0.3, 0.4) is 0 Å². The summed E-state index contributed by atoms with van der Waals surface area (Å²) in [5.74, 6) is 0.655. The minimum Gasteiger partial charge on any atom is -0.508 e. The van der Waals surface area contributed by atoms with Crippen molar-refractivity contribution < 1.29 is 19.4 Å². The van der Waals surface area contributed by atoms with Crippen LogP contribution in [0.1, 0.15) is 19.8 Å². The fourth-order valence-corrected chi connectivity index (χ4v) is 2.24. The molecule has 0 saturated carbocycles. The molecule has 0 unspecified atom stereocenters. The minimum absolute atomic E-state index is 0.0162. The van der Waals surface area contributed by atoms with E-state index in [1.165, 1.54) is 12.1 Å². The SMILES string of the molecule is CC(=NOCC(Cl)(Cl)Cl)OCCCCOc1c(Cl)cc(O)cc1Cl. The van der Waals surface area contributed by atoms with Gasteiger partial charge in [-0.15, -0.1) is 0 Å². The lowest BCUT2D eigenvalue weighted by Crippen LogP contribution is -2.12. The van der Waals surface area contributed by atoms with E-state index in [1.54, 1.807) is 6.92 Å². The highest BCUT2D eigenvalue weighted by molar-refractivity contribution is 6.67. The van der Waals surface area contributed by atoms with Crippen molar-refractivity contribution >= 4 is 63.9 Å². The molecule has 24 heavy (non-hydrogen) atoms. The smallest absolute Gasteiger partial charge is 0.226 e. The van der Waals surface area contributed by atoms with Gasteiger partial charge in [0.15, 0.2) is 12.4 Å². The second-order valence-electron chi connectivity index (χ2n) is 4.64. The number of ether oxygens (including phenoxy) is 2. The highest BCUT2D eigenvalue weighted by Crippen LogP contribution is 2.36. The Morgan fingerprint density at radius 3 is 2.29 bits per heavy atom. The van der Waals surface area contributed by atoms with Gasteiger partial charge in [-0.2, -0.15) is 0 Å². The summed E-state index contributed by atoms with van der Waals surface area (Å²) in [4.78, 5) is 4.82. The molecule has 0 aliphatic rings. The molecule has 1 aromatic carbocycles. The lowest BCUT2D eigenvalue weighted by atomic mass is 10.3. The summed E-state index contributed by atoms with van der Waals surface area (Å²) in [7, 11) is 0. The predicted molar refractivity (Wildman–Crippen MR) is 98.2 cm³/mol. The third-order valence-corrected chi connectivity index (χ3v) is 3.39. The maximum atomic E-state index is 9.33. The summed E-state index contributed by atoms with van der Waals surface area (Å²) in [5, 5.41) is 13.5. The van der Waals surface area contributed by atoms with Crippen molar-refractivity contribution in [3.63, 3.8) is 0 Å². The van der Waals surface area contributed by atoms with E-state index >= 15 is 0 Å². The molecule has 0 fully saturated rings. The number of hydrogen-bond donors (Lipinski definition) is 1. The monoisotopic (exact) mass is 437 g/mol. The topological polar surface area (TPSA) is 60.3 Å². The summed E-state index contributed by atoms with van der Waals surface area (Å²) in [5.41, 5.74) is 0. The van der Waals surface area contributed by atoms with Gasteiger partial charge >= 0.3 is 0 Å². The Labute approximate surface area is 165 Å². The van der Waals surface area contributed by atoms with Crippen molar-refractivity contribution in [3.8, 4) is 11.5 Å². The molecule has 1 N–H and O–H groups in total. The maximum Gasteiger partial charge on any atom is 0.226 e. The van der Waals surface area contributed by atoms with Crippen LogP contribution < -0.4 is 4.74 Å². The standard InChI is InChI=1S/C14H16Cl5NO4/c1-9(20-24-8-14(17,18)19)22-4-2-3-5-23-13-11(15)6-10(21)7-12(13)16/h6-7,21H,2-5,8H2,1H3. The number of benzene rings is 1. The minimum atomic E-state index is -1.52. The molecule has 0 atom stereocenters. The number of phenolic OH excluding ortho intramolecular Hbond substituents is 1. The number of hydrogen-bond acceptors (Lipinski definition) is 5. The van der Waals surface area contributed by atoms with Crippen LogP contribution in [0.25, 0.3) is 0 Å². The molecule has 0 radical (unpaired) electrons. The van der Waals surface area contributed by atoms with Crippen molar-refractivity contribution in [1.29, 1.82) is 0 Å². The molecule has 0 aliphatic heterocycles. The molecule has 0 bridgehead atoms. The number of phenols is 1. The molecular weight excluding hydrogens is 423 g/mol. The summed E-state index contributed by atoms with van der Waals surface area (Å²) in [6.45, 7) is 2.28. The van der Waals surface area contributed by atoms with Gasteiger partial charge in [0.25, 0.3) is 0 Å². The summed E-state index contributed by atoms with van der Waals surface area (Å²) in [6.07, 6.45) is 1.42. The first-order chi connectivity index (χ1) is 11.2. The van der Waals surface area contributed by atoms with Gasteiger partial charge in [0, 0.05) is 19.1 Å². The number of oxime groups is 1. The van der Waals surface area contributed by atoms with Gasteiger partial charge in [-0.1, -0.05) is 63.2 Å². The zero-order valence-electron chi connectivity index (χ0n) is 12.7. The fourth-order valence-electron chi connectivity index (χ4n) is 1.51. The Hall–Kier alpha value is -0.460. The Morgan fingerprint density at radius 1 is 1.12 bits per heavy atom.